The lowest BCUT2D eigenvalue weighted by molar-refractivity contribution is -0.144. The molecule has 0 saturated carbocycles. The summed E-state index contributed by atoms with van der Waals surface area (Å²) in [6.07, 6.45) is 0. The Kier molecular flexibility index (Phi) is 10.2. The summed E-state index contributed by atoms with van der Waals surface area (Å²) in [5, 5.41) is -0.585. The third kappa shape index (κ3) is 9.53. The molecule has 0 bridgehead atoms. The summed E-state index contributed by atoms with van der Waals surface area (Å²) in [5.41, 5.74) is 0. The topological polar surface area (TPSA) is 52.6 Å². The Morgan fingerprint density at radius 3 is 1.30 bits per heavy atom. The van der Waals surface area contributed by atoms with E-state index >= 15 is 0 Å². The first-order valence-electron chi connectivity index (χ1n) is 6.89. The molecule has 2 unspecified atom stereocenters. The number of hydrogen-bond donors (Lipinski definition) is 0. The zero-order valence-corrected chi connectivity index (χ0v) is 14.8. The maximum atomic E-state index is 11.7. The van der Waals surface area contributed by atoms with Crippen molar-refractivity contribution in [1.82, 2.24) is 0 Å². The highest BCUT2D eigenvalue weighted by atomic mass is 33.1. The number of hydrogen-bond acceptors (Lipinski definition) is 6. The van der Waals surface area contributed by atoms with Gasteiger partial charge >= 0.3 is 11.9 Å². The van der Waals surface area contributed by atoms with Crippen LogP contribution >= 0.6 is 21.6 Å². The molecule has 4 nitrogen and oxygen atoms in total. The van der Waals surface area contributed by atoms with Crippen molar-refractivity contribution in [2.24, 2.45) is 11.8 Å². The van der Waals surface area contributed by atoms with E-state index in [9.17, 15) is 9.59 Å². The van der Waals surface area contributed by atoms with Gasteiger partial charge in [-0.15, -0.1) is 0 Å². The molecule has 20 heavy (non-hydrogen) atoms. The van der Waals surface area contributed by atoms with E-state index in [4.69, 9.17) is 9.47 Å². The molecule has 0 fully saturated rings. The standard InChI is InChI=1S/C14H26O4S2/c1-9(2)7-17-13(15)11(5)19-20-12(6)14(16)18-8-10(3)4/h9-12H,7-8H2,1-6H3. The molecule has 0 aliphatic heterocycles. The summed E-state index contributed by atoms with van der Waals surface area (Å²) in [7, 11) is 2.70. The summed E-state index contributed by atoms with van der Waals surface area (Å²) < 4.78 is 10.3. The van der Waals surface area contributed by atoms with Crippen molar-refractivity contribution in [2.45, 2.75) is 52.0 Å². The third-order valence-electron chi connectivity index (χ3n) is 2.13. The lowest BCUT2D eigenvalue weighted by Gasteiger charge is -2.15. The summed E-state index contributed by atoms with van der Waals surface area (Å²) in [6, 6.07) is 0. The summed E-state index contributed by atoms with van der Waals surface area (Å²) >= 11 is 0. The van der Waals surface area contributed by atoms with E-state index in [2.05, 4.69) is 0 Å². The van der Waals surface area contributed by atoms with Gasteiger partial charge in [0.15, 0.2) is 0 Å². The fraction of sp³-hybridized carbons (Fsp3) is 0.857. The second kappa shape index (κ2) is 10.4. The lowest BCUT2D eigenvalue weighted by atomic mass is 10.2. The van der Waals surface area contributed by atoms with E-state index in [1.54, 1.807) is 13.8 Å². The Labute approximate surface area is 130 Å². The second-order valence-corrected chi connectivity index (χ2v) is 8.48. The molecule has 0 rings (SSSR count). The molecule has 0 amide bonds. The number of rotatable bonds is 9. The Hall–Kier alpha value is -0.360. The van der Waals surface area contributed by atoms with E-state index in [-0.39, 0.29) is 22.4 Å². The smallest absolute Gasteiger partial charge is 0.319 e. The zero-order valence-electron chi connectivity index (χ0n) is 13.2. The van der Waals surface area contributed by atoms with E-state index < -0.39 is 0 Å². The maximum Gasteiger partial charge on any atom is 0.319 e. The van der Waals surface area contributed by atoms with Crippen LogP contribution in [0.1, 0.15) is 41.5 Å². The fourth-order valence-electron chi connectivity index (χ4n) is 0.978. The predicted molar refractivity (Wildman–Crippen MR) is 85.7 cm³/mol. The molecule has 118 valence electrons. The SMILES string of the molecule is CC(C)COC(=O)C(C)SSC(C)C(=O)OCC(C)C. The van der Waals surface area contributed by atoms with Crippen molar-refractivity contribution < 1.29 is 19.1 Å². The molecular weight excluding hydrogens is 296 g/mol. The molecule has 0 aromatic rings. The quantitative estimate of drug-likeness (QED) is 0.478. The maximum absolute atomic E-state index is 11.7. The Bertz CT molecular complexity index is 276. The molecule has 0 aliphatic carbocycles. The predicted octanol–water partition coefficient (Wildman–Crippen LogP) is 3.54. The largest absolute Gasteiger partial charge is 0.465 e. The van der Waals surface area contributed by atoms with E-state index in [1.165, 1.54) is 21.6 Å². The van der Waals surface area contributed by atoms with E-state index in [0.29, 0.717) is 25.0 Å². The molecule has 2 atom stereocenters. The summed E-state index contributed by atoms with van der Waals surface area (Å²) in [6.45, 7) is 12.4. The number of ether oxygens (including phenoxy) is 2. The Morgan fingerprint density at radius 1 is 0.750 bits per heavy atom. The highest BCUT2D eigenvalue weighted by Gasteiger charge is 2.21. The highest BCUT2D eigenvalue weighted by molar-refractivity contribution is 8.77. The van der Waals surface area contributed by atoms with Gasteiger partial charge in [0.25, 0.3) is 0 Å². The lowest BCUT2D eigenvalue weighted by Crippen LogP contribution is -2.21. The average Bonchev–Trinajstić information content (AvgIpc) is 2.38. The van der Waals surface area contributed by atoms with Crippen LogP contribution < -0.4 is 0 Å². The van der Waals surface area contributed by atoms with Gasteiger partial charge in [-0.3, -0.25) is 9.59 Å². The van der Waals surface area contributed by atoms with Gasteiger partial charge in [0.1, 0.15) is 10.5 Å². The minimum Gasteiger partial charge on any atom is -0.465 e. The van der Waals surface area contributed by atoms with E-state index in [0.717, 1.165) is 0 Å². The van der Waals surface area contributed by atoms with Crippen LogP contribution in [0, 0.1) is 11.8 Å². The van der Waals surface area contributed by atoms with Gasteiger partial charge in [0.05, 0.1) is 13.2 Å². The molecule has 0 aliphatic rings. The van der Waals surface area contributed by atoms with Crippen molar-refractivity contribution in [3.05, 3.63) is 0 Å². The number of carbonyl (C=O) groups is 2. The molecule has 0 aromatic carbocycles. The van der Waals surface area contributed by atoms with Crippen LogP contribution in [0.2, 0.25) is 0 Å². The molecule has 6 heteroatoms. The molecule has 0 N–H and O–H groups in total. The van der Waals surface area contributed by atoms with Gasteiger partial charge in [-0.1, -0.05) is 49.3 Å². The van der Waals surface area contributed by atoms with Crippen LogP contribution in [0.15, 0.2) is 0 Å². The van der Waals surface area contributed by atoms with Crippen molar-refractivity contribution >= 4 is 33.5 Å². The average molecular weight is 322 g/mol. The molecule has 0 saturated heterocycles. The van der Waals surface area contributed by atoms with E-state index in [1.807, 2.05) is 27.7 Å². The molecular formula is C14H26O4S2. The van der Waals surface area contributed by atoms with Crippen molar-refractivity contribution in [2.75, 3.05) is 13.2 Å². The molecule has 0 aromatic heterocycles. The highest BCUT2D eigenvalue weighted by Crippen LogP contribution is 2.32. The van der Waals surface area contributed by atoms with Gasteiger partial charge < -0.3 is 9.47 Å². The van der Waals surface area contributed by atoms with Crippen LogP contribution in [0.5, 0.6) is 0 Å². The monoisotopic (exact) mass is 322 g/mol. The normalized spacial score (nSPS) is 14.2. The van der Waals surface area contributed by atoms with Crippen LogP contribution in [0.3, 0.4) is 0 Å². The van der Waals surface area contributed by atoms with Crippen molar-refractivity contribution in [3.8, 4) is 0 Å². The molecule has 0 radical (unpaired) electrons. The summed E-state index contributed by atoms with van der Waals surface area (Å²) in [5.74, 6) is 0.181. The first-order chi connectivity index (χ1) is 9.23. The van der Waals surface area contributed by atoms with Crippen molar-refractivity contribution in [3.63, 3.8) is 0 Å². The summed E-state index contributed by atoms with van der Waals surface area (Å²) in [4.78, 5) is 23.3. The Morgan fingerprint density at radius 2 is 1.05 bits per heavy atom. The zero-order chi connectivity index (χ0) is 15.7. The number of esters is 2. The minimum absolute atomic E-state index is 0.237. The molecule has 0 heterocycles. The van der Waals surface area contributed by atoms with Gasteiger partial charge in [-0.2, -0.15) is 0 Å². The third-order valence-corrected chi connectivity index (χ3v) is 5.26. The first kappa shape index (κ1) is 19.6. The fourth-order valence-corrected chi connectivity index (χ4v) is 3.08. The molecule has 0 spiro atoms. The van der Waals surface area contributed by atoms with Gasteiger partial charge in [0.2, 0.25) is 0 Å². The Balaban J connectivity index is 3.95. The number of carbonyl (C=O) groups excluding carboxylic acids is 2. The van der Waals surface area contributed by atoms with Crippen LogP contribution in [-0.4, -0.2) is 35.7 Å². The first-order valence-corrected chi connectivity index (χ1v) is 9.17. The van der Waals surface area contributed by atoms with Crippen molar-refractivity contribution in [1.29, 1.82) is 0 Å². The minimum atomic E-state index is -0.293. The van der Waals surface area contributed by atoms with Crippen LogP contribution in [-0.2, 0) is 19.1 Å². The van der Waals surface area contributed by atoms with Gasteiger partial charge in [0, 0.05) is 0 Å². The van der Waals surface area contributed by atoms with Gasteiger partial charge in [-0.25, -0.2) is 0 Å². The van der Waals surface area contributed by atoms with Crippen LogP contribution in [0.4, 0.5) is 0 Å². The second-order valence-electron chi connectivity index (χ2n) is 5.52. The van der Waals surface area contributed by atoms with Crippen LogP contribution in [0.25, 0.3) is 0 Å². The van der Waals surface area contributed by atoms with Gasteiger partial charge in [-0.05, 0) is 25.7 Å².